The lowest BCUT2D eigenvalue weighted by atomic mass is 9.93. The molecule has 61 nitrogen and oxygen atoms in total. The topological polar surface area (TPSA) is 943 Å². The first kappa shape index (κ1) is 112. The van der Waals surface area contributed by atoms with E-state index in [-0.39, 0.29) is 0 Å². The molecule has 11 fully saturated rings. The van der Waals surface area contributed by atoms with Crippen molar-refractivity contribution in [2.75, 3.05) is 59.5 Å². The van der Waals surface area contributed by atoms with E-state index in [1.165, 1.54) is 6.92 Å². The van der Waals surface area contributed by atoms with Crippen LogP contribution in [0.15, 0.2) is 0 Å². The van der Waals surface area contributed by atoms with Crippen molar-refractivity contribution in [3.05, 3.63) is 0 Å². The molecule has 5 amide bonds. The molecule has 11 aliphatic rings. The maximum atomic E-state index is 13.4. The number of carbonyl (C=O) groups is 6. The average Bonchev–Trinajstić information content (AvgIpc) is 0.763. The second-order valence-corrected chi connectivity index (χ2v) is 34.6. The predicted octanol–water partition coefficient (Wildman–Crippen LogP) is -23.1. The van der Waals surface area contributed by atoms with E-state index in [1.54, 1.807) is 0 Å². The summed E-state index contributed by atoms with van der Waals surface area (Å²) in [5.41, 5.74) is 0. The van der Waals surface area contributed by atoms with Gasteiger partial charge in [-0.3, -0.25) is 24.0 Å². The van der Waals surface area contributed by atoms with Crippen LogP contribution in [0.3, 0.4) is 0 Å². The summed E-state index contributed by atoms with van der Waals surface area (Å²) in [4.78, 5) is 76.7. The van der Waals surface area contributed by atoms with Crippen molar-refractivity contribution in [3.63, 3.8) is 0 Å². The Labute approximate surface area is 774 Å². The Morgan fingerprint density at radius 3 is 0.942 bits per heavy atom. The molecule has 0 saturated carbocycles. The van der Waals surface area contributed by atoms with Gasteiger partial charge in [0.1, 0.15) is 256 Å². The Morgan fingerprint density at radius 1 is 0.226 bits per heavy atom. The van der Waals surface area contributed by atoms with Crippen LogP contribution >= 0.6 is 0 Å². The molecule has 11 saturated heterocycles. The van der Waals surface area contributed by atoms with E-state index in [1.807, 2.05) is 0 Å². The molecule has 0 aliphatic carbocycles. The minimum Gasteiger partial charge on any atom is -0.479 e. The van der Waals surface area contributed by atoms with Crippen LogP contribution in [0.1, 0.15) is 41.5 Å². The third kappa shape index (κ3) is 25.0. The lowest BCUT2D eigenvalue weighted by molar-refractivity contribution is -0.403. The van der Waals surface area contributed by atoms with Crippen molar-refractivity contribution >= 4 is 35.5 Å². The summed E-state index contributed by atoms with van der Waals surface area (Å²) in [7, 11) is 0. The monoisotopic (exact) mass is 2000 g/mol. The zero-order valence-electron chi connectivity index (χ0n) is 73.6. The maximum absolute atomic E-state index is 13.4. The fourth-order valence-corrected chi connectivity index (χ4v) is 17.7. The number of aliphatic hydroxyl groups is 28. The van der Waals surface area contributed by atoms with E-state index in [9.17, 15) is 177 Å². The number of aliphatic carboxylic acids is 1. The van der Waals surface area contributed by atoms with Gasteiger partial charge in [0, 0.05) is 34.6 Å². The number of aliphatic hydroxyl groups excluding tert-OH is 28. The van der Waals surface area contributed by atoms with Gasteiger partial charge in [-0.25, -0.2) is 4.79 Å². The number of carbonyl (C=O) groups excluding carboxylic acids is 5. The molecule has 790 valence electrons. The molecule has 137 heavy (non-hydrogen) atoms. The Balaban J connectivity index is 0.943. The summed E-state index contributed by atoms with van der Waals surface area (Å²) in [5, 5.41) is 339. The maximum Gasteiger partial charge on any atom is 0.335 e. The van der Waals surface area contributed by atoms with Crippen molar-refractivity contribution in [1.29, 1.82) is 0 Å². The van der Waals surface area contributed by atoms with Crippen LogP contribution in [-0.4, -0.2) is 581 Å². The molecule has 0 spiro atoms. The van der Waals surface area contributed by atoms with Crippen LogP contribution in [0.4, 0.5) is 0 Å². The smallest absolute Gasteiger partial charge is 0.335 e. The zero-order chi connectivity index (χ0) is 101. The molecule has 11 rings (SSSR count). The number of ether oxygens (including phenoxy) is 21. The van der Waals surface area contributed by atoms with Crippen molar-refractivity contribution in [3.8, 4) is 0 Å². The second-order valence-electron chi connectivity index (χ2n) is 34.6. The van der Waals surface area contributed by atoms with Crippen LogP contribution in [0.25, 0.3) is 0 Å². The van der Waals surface area contributed by atoms with Gasteiger partial charge in [0.25, 0.3) is 0 Å². The highest BCUT2D eigenvalue weighted by Gasteiger charge is 2.63. The van der Waals surface area contributed by atoms with Gasteiger partial charge in [-0.15, -0.1) is 0 Å². The largest absolute Gasteiger partial charge is 0.479 e. The van der Waals surface area contributed by atoms with E-state index >= 15 is 0 Å². The van der Waals surface area contributed by atoms with E-state index in [4.69, 9.17) is 99.5 Å². The highest BCUT2D eigenvalue weighted by Crippen LogP contribution is 2.42. The van der Waals surface area contributed by atoms with Gasteiger partial charge in [0.2, 0.25) is 29.5 Å². The van der Waals surface area contributed by atoms with Gasteiger partial charge >= 0.3 is 5.97 Å². The van der Waals surface area contributed by atoms with Gasteiger partial charge in [-0.2, -0.15) is 0 Å². The molecule has 0 radical (unpaired) electrons. The Bertz CT molecular complexity index is 3860. The Morgan fingerprint density at radius 2 is 0.511 bits per heavy atom. The van der Waals surface area contributed by atoms with Crippen molar-refractivity contribution < 1.29 is 276 Å². The number of rotatable bonds is 35. The minimum absolute atomic E-state index is 0.871. The number of nitrogens with one attached hydrogen (secondary N) is 5. The summed E-state index contributed by atoms with van der Waals surface area (Å²) in [6, 6.07) is -9.76. The van der Waals surface area contributed by atoms with Gasteiger partial charge in [-0.1, -0.05) is 0 Å². The molecule has 0 aromatic carbocycles. The first-order chi connectivity index (χ1) is 64.7. The molecule has 11 aliphatic heterocycles. The zero-order valence-corrected chi connectivity index (χ0v) is 73.6. The Kier molecular flexibility index (Phi) is 39.9. The SMILES string of the molecule is CC(=O)N[C@@H]1[C@H](O[C@@H]2[C@@H](O[C@@H]3[C@H](O)[C@H](O[C@H]4[C@H](O)[C@@H](NC(C)=O)[C@H](O[C@H]5[C@H](O)[C@@H](NC(C)=O)[C@H](O)O[C@@H]5CO[C@@H]5O[C@@H](C)[C@@H](O)[C@@H](O)[C@@H]5O)O[C@@H]4CO)O[C@H](CO[C@H]4O[C@H](CO)[C@@H](O)[C@H](O)[C@@H]4O[C@@H]4O[C@H](CO)[C@@H](O[C@@H]5O[C@H](CO)[C@H](O)[C@H](O[C@@H]6O[C@H](C(=O)O)[C@@H](O)[C@H](O)[C@H]6O)[C@H]5O)[C@H](O)[C@H]4NC(C)=O)[C@H]3O)O[C@H](CO)[C@@H](O[C@@H]3O[C@H](CO)[C@@H](O)[C@H](O)[C@H]3NC(C)=O)[C@@H]2O)O[C@H](CO)[C@@H](O)[C@@H]1O. The second kappa shape index (κ2) is 48.7. The summed E-state index contributed by atoms with van der Waals surface area (Å²) >= 11 is 0. The standard InChI is InChI=1S/C76H125N5O56/c1-16-36(94)47(105)51(109)71(119-16)117-15-30-59(44(102)31(66(116)120-30)77-17(2)89)130-69-34(80-20(5)92)45(103)57(26(11-86)125-69)132-74-55(113)61(134-76-64(137-68-33(79-19(4)91)43(101)38(96)23(8-83)122-68)53(111)58(28(13-88)127-76)129-67-32(78-18(3)90)42(100)37(95)22(7-82)121-67)41(99)29(128-74)14-118-75-63(49(107)39(97)24(9-84)124-75)136-70-35(81-21(6)93)46(104)56(27(12-87)126-70)131-73-54(112)60(40(98)25(10-85)123-73)133-72-52(110)48(106)50(108)62(135-72)65(114)115/h16,22-64,66-76,82-88,94-113,116H,7-15H2,1-6H3,(H,77,89)(H,78,90)(H,79,91)(H,80,92)(H,81,93)(H,114,115)/t16-,22+,23+,24+,25+,26+,27+,28+,29+,30+,31+,32+,33-,34+,35+,36+,37+,38+,39+,40-,41+,42+,43+,44+,45+,46+,47+,48-,49-,50-,51-,52+,53-,54+,55-,56+,57+,58+,59+,60-,61-,62-,63-,64-,66+,67-,68-,69-,70-,71+,72+,73-,74-,75-,76+/m0/s1. The van der Waals surface area contributed by atoms with Crippen molar-refractivity contribution in [1.82, 2.24) is 26.6 Å². The number of amides is 5. The van der Waals surface area contributed by atoms with E-state index < -0.39 is 432 Å². The van der Waals surface area contributed by atoms with Crippen LogP contribution in [0.5, 0.6) is 0 Å². The molecule has 0 unspecified atom stereocenters. The minimum atomic E-state index is -2.72. The summed E-state index contributed by atoms with van der Waals surface area (Å²) in [5.74, 6) is -6.70. The fourth-order valence-electron chi connectivity index (χ4n) is 17.7. The van der Waals surface area contributed by atoms with Crippen LogP contribution < -0.4 is 26.6 Å². The van der Waals surface area contributed by atoms with Gasteiger partial charge in [0.15, 0.2) is 75.3 Å². The molecule has 61 heteroatoms. The summed E-state index contributed by atoms with van der Waals surface area (Å²) in [6.45, 7) is -4.78. The normalized spacial score (nSPS) is 48.9. The number of hydrogen-bond acceptors (Lipinski definition) is 55. The van der Waals surface area contributed by atoms with E-state index in [0.29, 0.717) is 0 Å². The third-order valence-electron chi connectivity index (χ3n) is 24.9. The first-order valence-corrected chi connectivity index (χ1v) is 43.5. The average molecular weight is 2000 g/mol. The van der Waals surface area contributed by atoms with Gasteiger partial charge in [-0.05, 0) is 6.92 Å². The number of carboxylic acid groups (broad SMARTS) is 1. The van der Waals surface area contributed by atoms with Crippen LogP contribution in [-0.2, 0) is 128 Å². The molecule has 0 aromatic heterocycles. The quantitative estimate of drug-likeness (QED) is 0.0280. The molecular formula is C76H125N5O56. The molecular weight excluding hydrogens is 1880 g/mol. The molecule has 34 N–H and O–H groups in total. The highest BCUT2D eigenvalue weighted by atomic mass is 16.8. The summed E-state index contributed by atoms with van der Waals surface area (Å²) in [6.07, 6.45) is -109. The Hall–Kier alpha value is -5.14. The number of hydrogen-bond donors (Lipinski definition) is 34. The lowest BCUT2D eigenvalue weighted by Gasteiger charge is -2.52. The third-order valence-corrected chi connectivity index (χ3v) is 24.9. The van der Waals surface area contributed by atoms with Crippen LogP contribution in [0.2, 0.25) is 0 Å². The fraction of sp³-hybridized carbons (Fsp3) is 0.921. The number of carboxylic acids is 1. The first-order valence-electron chi connectivity index (χ1n) is 43.5. The van der Waals surface area contributed by atoms with Gasteiger partial charge < -0.3 is 274 Å². The molecule has 55 atom stereocenters. The van der Waals surface area contributed by atoms with Crippen LogP contribution in [0, 0.1) is 0 Å². The molecule has 0 aromatic rings. The lowest BCUT2D eigenvalue weighted by Crippen LogP contribution is -2.71. The van der Waals surface area contributed by atoms with Gasteiger partial charge in [0.05, 0.1) is 65.6 Å². The van der Waals surface area contributed by atoms with E-state index in [0.717, 1.165) is 34.6 Å². The van der Waals surface area contributed by atoms with Crippen molar-refractivity contribution in [2.24, 2.45) is 0 Å². The molecule has 0 bridgehead atoms. The molecule has 11 heterocycles. The van der Waals surface area contributed by atoms with E-state index in [2.05, 4.69) is 26.6 Å². The predicted molar refractivity (Wildman–Crippen MR) is 419 cm³/mol. The summed E-state index contributed by atoms with van der Waals surface area (Å²) < 4.78 is 125. The van der Waals surface area contributed by atoms with Crippen molar-refractivity contribution in [2.45, 2.75) is 379 Å². The highest BCUT2D eigenvalue weighted by molar-refractivity contribution is 5.75.